The van der Waals surface area contributed by atoms with E-state index in [0.29, 0.717) is 0 Å². The van der Waals surface area contributed by atoms with Crippen molar-refractivity contribution in [3.05, 3.63) is 58.7 Å². The Morgan fingerprint density at radius 3 is 2.83 bits per heavy atom. The number of benzene rings is 1. The van der Waals surface area contributed by atoms with Crippen molar-refractivity contribution in [1.82, 2.24) is 4.57 Å². The Balaban J connectivity index is 1.76. The summed E-state index contributed by atoms with van der Waals surface area (Å²) in [7, 11) is 0. The second-order valence-electron chi connectivity index (χ2n) is 5.71. The maximum Gasteiger partial charge on any atom is 0.190 e. The van der Waals surface area contributed by atoms with E-state index in [4.69, 9.17) is 9.15 Å². The Bertz CT molecular complexity index is 859. The van der Waals surface area contributed by atoms with Crippen LogP contribution in [0.3, 0.4) is 0 Å². The zero-order valence-corrected chi connectivity index (χ0v) is 13.8. The first-order valence-electron chi connectivity index (χ1n) is 7.94. The Morgan fingerprint density at radius 1 is 1.25 bits per heavy atom. The number of furan rings is 1. The molecule has 4 nitrogen and oxygen atoms in total. The average molecular weight is 344 g/mol. The summed E-state index contributed by atoms with van der Waals surface area (Å²) in [4.78, 5) is 5.52. The van der Waals surface area contributed by atoms with Crippen molar-refractivity contribution >= 4 is 17.0 Å². The van der Waals surface area contributed by atoms with E-state index < -0.39 is 0 Å². The molecule has 1 saturated heterocycles. The normalized spacial score (nSPS) is 18.4. The van der Waals surface area contributed by atoms with Crippen molar-refractivity contribution in [3.63, 3.8) is 0 Å². The van der Waals surface area contributed by atoms with Crippen LogP contribution in [0.25, 0.3) is 11.5 Å². The van der Waals surface area contributed by atoms with Gasteiger partial charge >= 0.3 is 0 Å². The van der Waals surface area contributed by atoms with Crippen LogP contribution in [0.2, 0.25) is 0 Å². The molecule has 1 fully saturated rings. The van der Waals surface area contributed by atoms with E-state index in [2.05, 4.69) is 9.56 Å². The van der Waals surface area contributed by atoms with E-state index in [1.54, 1.807) is 29.7 Å². The molecule has 3 heterocycles. The Hall–Kier alpha value is -2.18. The Morgan fingerprint density at radius 2 is 2.12 bits per heavy atom. The molecule has 0 bridgehead atoms. The summed E-state index contributed by atoms with van der Waals surface area (Å²) in [5.74, 6) is 0.549. The van der Waals surface area contributed by atoms with Gasteiger partial charge in [0.25, 0.3) is 0 Å². The first-order chi connectivity index (χ1) is 11.8. The summed E-state index contributed by atoms with van der Waals surface area (Å²) in [6.45, 7) is 1.55. The van der Waals surface area contributed by atoms with Crippen LogP contribution in [-0.2, 0) is 11.3 Å². The second kappa shape index (κ2) is 6.75. The van der Waals surface area contributed by atoms with E-state index in [1.165, 1.54) is 12.1 Å². The standard InChI is InChI=1S/C18H17FN2O2S/c19-13-5-7-14(8-6-13)20-18-21(11-15-3-1-9-22-15)16(12-24-18)17-4-2-10-23-17/h2,4-8,10,12,15H,1,3,9,11H2. The van der Waals surface area contributed by atoms with Gasteiger partial charge < -0.3 is 13.7 Å². The van der Waals surface area contributed by atoms with Crippen LogP contribution < -0.4 is 4.80 Å². The fraction of sp³-hybridized carbons (Fsp3) is 0.278. The van der Waals surface area contributed by atoms with Crippen molar-refractivity contribution < 1.29 is 13.5 Å². The smallest absolute Gasteiger partial charge is 0.190 e. The number of ether oxygens (including phenoxy) is 1. The van der Waals surface area contributed by atoms with Crippen LogP contribution >= 0.6 is 11.3 Å². The number of hydrogen-bond acceptors (Lipinski definition) is 4. The van der Waals surface area contributed by atoms with Gasteiger partial charge in [-0.25, -0.2) is 9.38 Å². The number of hydrogen-bond donors (Lipinski definition) is 0. The molecule has 124 valence electrons. The molecule has 0 saturated carbocycles. The highest BCUT2D eigenvalue weighted by Crippen LogP contribution is 2.23. The van der Waals surface area contributed by atoms with E-state index in [-0.39, 0.29) is 11.9 Å². The number of nitrogens with zero attached hydrogens (tertiary/aromatic N) is 2. The number of halogens is 1. The van der Waals surface area contributed by atoms with Crippen LogP contribution in [0.5, 0.6) is 0 Å². The van der Waals surface area contributed by atoms with E-state index in [0.717, 1.165) is 47.9 Å². The molecule has 0 aliphatic carbocycles. The van der Waals surface area contributed by atoms with Gasteiger partial charge in [-0.1, -0.05) is 0 Å². The third-order valence-electron chi connectivity index (χ3n) is 4.03. The van der Waals surface area contributed by atoms with Crippen LogP contribution in [0.4, 0.5) is 10.1 Å². The zero-order valence-electron chi connectivity index (χ0n) is 13.0. The fourth-order valence-corrected chi connectivity index (χ4v) is 3.75. The summed E-state index contributed by atoms with van der Waals surface area (Å²) in [5.41, 5.74) is 1.71. The summed E-state index contributed by atoms with van der Waals surface area (Å²) in [6, 6.07) is 10.0. The molecule has 0 spiro atoms. The van der Waals surface area contributed by atoms with Gasteiger partial charge in [-0.05, 0) is 49.2 Å². The number of rotatable bonds is 4. The fourth-order valence-electron chi connectivity index (χ4n) is 2.84. The number of thiazole rings is 1. The summed E-state index contributed by atoms with van der Waals surface area (Å²) >= 11 is 1.54. The molecule has 1 aliphatic heterocycles. The molecule has 3 aromatic rings. The van der Waals surface area contributed by atoms with Gasteiger partial charge in [0.2, 0.25) is 0 Å². The van der Waals surface area contributed by atoms with E-state index in [9.17, 15) is 4.39 Å². The van der Waals surface area contributed by atoms with Crippen LogP contribution in [0, 0.1) is 5.82 Å². The van der Waals surface area contributed by atoms with Crippen molar-refractivity contribution in [2.24, 2.45) is 4.99 Å². The first kappa shape index (κ1) is 15.4. The lowest BCUT2D eigenvalue weighted by molar-refractivity contribution is 0.0967. The summed E-state index contributed by atoms with van der Waals surface area (Å²) in [6.07, 6.45) is 4.01. The molecule has 6 heteroatoms. The molecule has 1 unspecified atom stereocenters. The van der Waals surface area contributed by atoms with Crippen molar-refractivity contribution in [1.29, 1.82) is 0 Å². The Labute approximate surface area is 142 Å². The minimum Gasteiger partial charge on any atom is -0.463 e. The van der Waals surface area contributed by atoms with Gasteiger partial charge in [0.1, 0.15) is 5.82 Å². The largest absolute Gasteiger partial charge is 0.463 e. The highest BCUT2D eigenvalue weighted by atomic mass is 32.1. The minimum atomic E-state index is -0.261. The quantitative estimate of drug-likeness (QED) is 0.705. The highest BCUT2D eigenvalue weighted by Gasteiger charge is 2.19. The molecule has 4 rings (SSSR count). The minimum absolute atomic E-state index is 0.195. The highest BCUT2D eigenvalue weighted by molar-refractivity contribution is 7.07. The molecule has 1 aromatic carbocycles. The molecule has 2 aromatic heterocycles. The topological polar surface area (TPSA) is 39.7 Å². The van der Waals surface area contributed by atoms with E-state index in [1.807, 2.05) is 17.5 Å². The van der Waals surface area contributed by atoms with Gasteiger partial charge in [-0.3, -0.25) is 0 Å². The van der Waals surface area contributed by atoms with Crippen molar-refractivity contribution in [2.45, 2.75) is 25.5 Å². The predicted octanol–water partition coefficient (Wildman–Crippen LogP) is 4.36. The third kappa shape index (κ3) is 3.20. The molecule has 0 amide bonds. The van der Waals surface area contributed by atoms with Crippen LogP contribution in [0.15, 0.2) is 57.5 Å². The molecular weight excluding hydrogens is 327 g/mol. The SMILES string of the molecule is Fc1ccc(N=c2scc(-c3ccco3)n2CC2CCCO2)cc1. The number of aromatic nitrogens is 1. The average Bonchev–Trinajstić information content (AvgIpc) is 3.33. The van der Waals surface area contributed by atoms with Crippen LogP contribution in [0.1, 0.15) is 12.8 Å². The maximum atomic E-state index is 13.1. The maximum absolute atomic E-state index is 13.1. The third-order valence-corrected chi connectivity index (χ3v) is 4.90. The monoisotopic (exact) mass is 344 g/mol. The van der Waals surface area contributed by atoms with E-state index >= 15 is 0 Å². The summed E-state index contributed by atoms with van der Waals surface area (Å²) in [5, 5.41) is 2.04. The van der Waals surface area contributed by atoms with Gasteiger partial charge in [0.15, 0.2) is 10.6 Å². The van der Waals surface area contributed by atoms with Gasteiger partial charge in [0, 0.05) is 12.0 Å². The molecular formula is C18H17FN2O2S. The summed E-state index contributed by atoms with van der Waals surface area (Å²) < 4.78 is 26.6. The second-order valence-corrected chi connectivity index (χ2v) is 6.55. The van der Waals surface area contributed by atoms with Gasteiger partial charge in [0.05, 0.1) is 30.3 Å². The zero-order chi connectivity index (χ0) is 16.4. The van der Waals surface area contributed by atoms with Crippen molar-refractivity contribution in [2.75, 3.05) is 6.61 Å². The molecule has 1 aliphatic rings. The lowest BCUT2D eigenvalue weighted by Crippen LogP contribution is -2.23. The first-order valence-corrected chi connectivity index (χ1v) is 8.82. The molecule has 0 N–H and O–H groups in total. The predicted molar refractivity (Wildman–Crippen MR) is 90.6 cm³/mol. The lowest BCUT2D eigenvalue weighted by Gasteiger charge is -2.12. The van der Waals surface area contributed by atoms with Gasteiger partial charge in [-0.15, -0.1) is 11.3 Å². The van der Waals surface area contributed by atoms with Crippen molar-refractivity contribution in [3.8, 4) is 11.5 Å². The lowest BCUT2D eigenvalue weighted by atomic mass is 10.2. The van der Waals surface area contributed by atoms with Crippen LogP contribution in [-0.4, -0.2) is 17.3 Å². The van der Waals surface area contributed by atoms with Gasteiger partial charge in [-0.2, -0.15) is 0 Å². The molecule has 24 heavy (non-hydrogen) atoms. The molecule has 1 atom stereocenters. The Kier molecular flexibility index (Phi) is 4.32. The molecule has 0 radical (unpaired) electrons.